The summed E-state index contributed by atoms with van der Waals surface area (Å²) in [5.74, 6) is -0.261. The Morgan fingerprint density at radius 2 is 1.75 bits per heavy atom. The second-order valence-corrected chi connectivity index (χ2v) is 13.8. The number of aromatic nitrogens is 1. The van der Waals surface area contributed by atoms with Crippen molar-refractivity contribution >= 4 is 55.2 Å². The number of fused-ring (bicyclic) bond motifs is 2. The Kier molecular flexibility index (Phi) is 8.52. The molecular formula is C32H35N2O3S3+. The lowest BCUT2D eigenvalue weighted by atomic mass is 10.1. The van der Waals surface area contributed by atoms with Crippen molar-refractivity contribution in [3.8, 4) is 11.1 Å². The van der Waals surface area contributed by atoms with Gasteiger partial charge in [0.05, 0.1) is 16.5 Å². The molecule has 208 valence electrons. The molecule has 0 unspecified atom stereocenters. The molecule has 1 aliphatic rings. The van der Waals surface area contributed by atoms with Crippen LogP contribution in [0.3, 0.4) is 0 Å². The molecule has 0 spiro atoms. The minimum atomic E-state index is -4.02. The highest BCUT2D eigenvalue weighted by molar-refractivity contribution is 8.03. The average molecular weight is 592 g/mol. The van der Waals surface area contributed by atoms with Gasteiger partial charge < -0.3 is 4.90 Å². The number of thioether (sulfide) groups is 1. The summed E-state index contributed by atoms with van der Waals surface area (Å²) in [6.45, 7) is 10.1. The van der Waals surface area contributed by atoms with Crippen LogP contribution >= 0.6 is 23.1 Å². The van der Waals surface area contributed by atoms with Crippen molar-refractivity contribution < 1.29 is 17.5 Å². The monoisotopic (exact) mass is 591 g/mol. The molecule has 1 N–H and O–H groups in total. The van der Waals surface area contributed by atoms with Crippen LogP contribution in [0.1, 0.15) is 42.8 Å². The van der Waals surface area contributed by atoms with E-state index in [0.29, 0.717) is 13.0 Å². The lowest BCUT2D eigenvalue weighted by molar-refractivity contribution is -0.668. The molecular weight excluding hydrogens is 557 g/mol. The highest BCUT2D eigenvalue weighted by Crippen LogP contribution is 2.47. The smallest absolute Gasteiger partial charge is 0.265 e. The van der Waals surface area contributed by atoms with E-state index in [1.807, 2.05) is 30.0 Å². The van der Waals surface area contributed by atoms with Gasteiger partial charge in [0.15, 0.2) is 6.54 Å². The predicted octanol–water partition coefficient (Wildman–Crippen LogP) is 8.02. The van der Waals surface area contributed by atoms with Crippen molar-refractivity contribution in [2.45, 2.75) is 52.0 Å². The van der Waals surface area contributed by atoms with E-state index in [2.05, 4.69) is 91.8 Å². The fourth-order valence-corrected chi connectivity index (χ4v) is 7.93. The molecule has 0 atom stereocenters. The molecule has 5 rings (SSSR count). The van der Waals surface area contributed by atoms with E-state index >= 15 is 0 Å². The summed E-state index contributed by atoms with van der Waals surface area (Å²) in [5, 5.41) is 2.29. The zero-order valence-electron chi connectivity index (χ0n) is 23.3. The van der Waals surface area contributed by atoms with E-state index in [9.17, 15) is 13.0 Å². The van der Waals surface area contributed by atoms with Crippen molar-refractivity contribution in [3.63, 3.8) is 0 Å². The van der Waals surface area contributed by atoms with E-state index in [4.69, 9.17) is 0 Å². The van der Waals surface area contributed by atoms with Gasteiger partial charge in [0.1, 0.15) is 4.70 Å². The van der Waals surface area contributed by atoms with Crippen molar-refractivity contribution in [2.75, 3.05) is 17.2 Å². The largest absolute Gasteiger partial charge is 0.335 e. The van der Waals surface area contributed by atoms with Crippen molar-refractivity contribution in [2.24, 2.45) is 0 Å². The summed E-state index contributed by atoms with van der Waals surface area (Å²) in [4.78, 5) is 3.68. The number of aryl methyl sites for hydroxylation is 3. The summed E-state index contributed by atoms with van der Waals surface area (Å²) in [6, 6.07) is 21.3. The van der Waals surface area contributed by atoms with Gasteiger partial charge >= 0.3 is 0 Å². The van der Waals surface area contributed by atoms with Crippen LogP contribution in [0, 0.1) is 13.8 Å². The Morgan fingerprint density at radius 3 is 2.45 bits per heavy atom. The Morgan fingerprint density at radius 1 is 1.00 bits per heavy atom. The second kappa shape index (κ2) is 11.9. The van der Waals surface area contributed by atoms with E-state index in [-0.39, 0.29) is 5.75 Å². The van der Waals surface area contributed by atoms with Gasteiger partial charge in [-0.3, -0.25) is 4.55 Å². The minimum absolute atomic E-state index is 0.261. The van der Waals surface area contributed by atoms with E-state index in [0.717, 1.165) is 39.3 Å². The van der Waals surface area contributed by atoms with E-state index < -0.39 is 10.1 Å². The molecule has 4 aromatic rings. The fourth-order valence-electron chi connectivity index (χ4n) is 5.00. The van der Waals surface area contributed by atoms with Gasteiger partial charge in [-0.2, -0.15) is 13.0 Å². The Balaban J connectivity index is 1.56. The molecule has 0 saturated heterocycles. The summed E-state index contributed by atoms with van der Waals surface area (Å²) < 4.78 is 35.7. The second-order valence-electron chi connectivity index (χ2n) is 10.1. The quantitative estimate of drug-likeness (QED) is 0.158. The summed E-state index contributed by atoms with van der Waals surface area (Å²) in [7, 11) is -4.02. The lowest BCUT2D eigenvalue weighted by Gasteiger charge is -2.19. The van der Waals surface area contributed by atoms with Crippen LogP contribution in [0.4, 0.5) is 5.69 Å². The molecule has 2 heterocycles. The standard InChI is InChI=1S/C32H34N2O3S3/c1-5-24(19-31-33(6-2)27-17-22(3)23(4)18-30(27)39-31)20-32-34(15-10-16-40(35,36)37)28-21-26(13-14-29(28)38-32)25-11-8-7-9-12-25/h7-9,11-14,17-21H,5-6,10,15-16H2,1-4H3/p+1. The van der Waals surface area contributed by atoms with Gasteiger partial charge in [0, 0.05) is 30.0 Å². The van der Waals surface area contributed by atoms with Crippen LogP contribution in [0.25, 0.3) is 27.4 Å². The molecule has 1 aliphatic heterocycles. The number of nitrogens with zero attached hydrogens (tertiary/aromatic N) is 2. The highest BCUT2D eigenvalue weighted by Gasteiger charge is 2.26. The van der Waals surface area contributed by atoms with Crippen LogP contribution in [-0.2, 0) is 16.7 Å². The molecule has 0 fully saturated rings. The van der Waals surface area contributed by atoms with Crippen LogP contribution in [0.2, 0.25) is 0 Å². The SMILES string of the molecule is CCC(=Cc1sc2ccc(-c3ccccc3)cc2[n+]1CCCS(=O)(=O)O)C=C1Sc2cc(C)c(C)cc2N1CC. The van der Waals surface area contributed by atoms with Gasteiger partial charge in [-0.25, -0.2) is 0 Å². The molecule has 0 bridgehead atoms. The van der Waals surface area contributed by atoms with Crippen LogP contribution in [-0.4, -0.2) is 25.3 Å². The molecule has 0 radical (unpaired) electrons. The first kappa shape index (κ1) is 28.6. The average Bonchev–Trinajstić information content (AvgIpc) is 3.44. The number of benzene rings is 3. The van der Waals surface area contributed by atoms with Crippen molar-refractivity contribution in [1.29, 1.82) is 0 Å². The number of allylic oxidation sites excluding steroid dienone is 2. The third kappa shape index (κ3) is 6.20. The number of anilines is 1. The third-order valence-corrected chi connectivity index (χ3v) is 10.3. The summed E-state index contributed by atoms with van der Waals surface area (Å²) in [5.41, 5.74) is 8.41. The number of rotatable bonds is 9. The maximum Gasteiger partial charge on any atom is 0.265 e. The van der Waals surface area contributed by atoms with Gasteiger partial charge in [-0.15, -0.1) is 0 Å². The van der Waals surface area contributed by atoms with Crippen molar-refractivity contribution in [1.82, 2.24) is 0 Å². The Hall–Kier alpha value is -2.91. The first-order valence-electron chi connectivity index (χ1n) is 13.6. The summed E-state index contributed by atoms with van der Waals surface area (Å²) >= 11 is 3.53. The predicted molar refractivity (Wildman–Crippen MR) is 170 cm³/mol. The molecule has 0 amide bonds. The Bertz CT molecular complexity index is 1720. The molecule has 0 saturated carbocycles. The first-order valence-corrected chi connectivity index (χ1v) is 16.9. The van der Waals surface area contributed by atoms with Gasteiger partial charge in [0.25, 0.3) is 15.1 Å². The molecule has 5 nitrogen and oxygen atoms in total. The Labute approximate surface area is 245 Å². The van der Waals surface area contributed by atoms with Gasteiger partial charge in [0.2, 0.25) is 5.52 Å². The fraction of sp³-hybridized carbons (Fsp3) is 0.281. The van der Waals surface area contributed by atoms with Crippen molar-refractivity contribution in [3.05, 3.63) is 93.5 Å². The molecule has 0 aliphatic carbocycles. The van der Waals surface area contributed by atoms with E-state index in [1.165, 1.54) is 32.3 Å². The van der Waals surface area contributed by atoms with Crippen LogP contribution in [0.15, 0.2) is 82.2 Å². The third-order valence-electron chi connectivity index (χ3n) is 7.31. The topological polar surface area (TPSA) is 61.5 Å². The highest BCUT2D eigenvalue weighted by atomic mass is 32.2. The zero-order chi connectivity index (χ0) is 28.4. The maximum atomic E-state index is 11.5. The maximum absolute atomic E-state index is 11.5. The normalized spacial score (nSPS) is 14.9. The van der Waals surface area contributed by atoms with Crippen LogP contribution in [0.5, 0.6) is 0 Å². The number of hydrogen-bond donors (Lipinski definition) is 1. The van der Waals surface area contributed by atoms with Gasteiger partial charge in [-0.1, -0.05) is 66.4 Å². The molecule has 40 heavy (non-hydrogen) atoms. The van der Waals surface area contributed by atoms with Gasteiger partial charge in [-0.05, 0) is 79.3 Å². The molecule has 8 heteroatoms. The summed E-state index contributed by atoms with van der Waals surface area (Å²) in [6.07, 6.45) is 5.73. The zero-order valence-corrected chi connectivity index (χ0v) is 25.8. The molecule has 1 aromatic heterocycles. The lowest BCUT2D eigenvalue weighted by Crippen LogP contribution is -2.36. The first-order chi connectivity index (χ1) is 19.2. The van der Waals surface area contributed by atoms with E-state index in [1.54, 1.807) is 11.3 Å². The number of hydrogen-bond acceptors (Lipinski definition) is 5. The van der Waals surface area contributed by atoms with Crippen LogP contribution < -0.4 is 9.47 Å². The number of thiazole rings is 1. The minimum Gasteiger partial charge on any atom is -0.335 e. The molecule has 3 aromatic carbocycles.